The molecule has 2 heterocycles. The van der Waals surface area contributed by atoms with Crippen molar-refractivity contribution in [2.45, 2.75) is 57.8 Å². The van der Waals surface area contributed by atoms with Crippen molar-refractivity contribution in [3.05, 3.63) is 11.6 Å². The molecule has 98 valence electrons. The van der Waals surface area contributed by atoms with Crippen LogP contribution < -0.4 is 0 Å². The summed E-state index contributed by atoms with van der Waals surface area (Å²) in [5.74, 6) is 0.350. The monoisotopic (exact) mass is 248 g/mol. The fraction of sp³-hybridized carbons (Fsp3) is 0.800. The minimum Gasteiger partial charge on any atom is -0.367 e. The molecule has 0 aromatic rings. The van der Waals surface area contributed by atoms with Crippen LogP contribution in [0.15, 0.2) is 11.6 Å². The van der Waals surface area contributed by atoms with Gasteiger partial charge in [-0.3, -0.25) is 4.79 Å². The highest BCUT2D eigenvalue weighted by Crippen LogP contribution is 2.69. The molecule has 0 N–H and O–H groups in total. The van der Waals surface area contributed by atoms with Gasteiger partial charge in [-0.25, -0.2) is 0 Å². The zero-order valence-corrected chi connectivity index (χ0v) is 11.3. The summed E-state index contributed by atoms with van der Waals surface area (Å²) in [6.45, 7) is 7.22. The number of allylic oxidation sites excluding steroid dienone is 1. The van der Waals surface area contributed by atoms with E-state index < -0.39 is 0 Å². The zero-order chi connectivity index (χ0) is 12.8. The first kappa shape index (κ1) is 11.2. The molecule has 2 aliphatic heterocycles. The maximum absolute atomic E-state index is 12.6. The second kappa shape index (κ2) is 2.91. The number of epoxide rings is 1. The average molecular weight is 248 g/mol. The van der Waals surface area contributed by atoms with Gasteiger partial charge in [-0.1, -0.05) is 18.6 Å². The van der Waals surface area contributed by atoms with Gasteiger partial charge >= 0.3 is 0 Å². The molecule has 1 spiro atoms. The molecule has 3 fully saturated rings. The Morgan fingerprint density at radius 2 is 2.11 bits per heavy atom. The van der Waals surface area contributed by atoms with Crippen LogP contribution in [0, 0.1) is 10.8 Å². The van der Waals surface area contributed by atoms with E-state index in [4.69, 9.17) is 9.47 Å². The van der Waals surface area contributed by atoms with E-state index in [0.29, 0.717) is 18.8 Å². The van der Waals surface area contributed by atoms with E-state index in [-0.39, 0.29) is 28.6 Å². The van der Waals surface area contributed by atoms with Crippen molar-refractivity contribution in [1.82, 2.24) is 0 Å². The van der Waals surface area contributed by atoms with Crippen LogP contribution in [-0.2, 0) is 14.3 Å². The molecule has 2 aliphatic carbocycles. The maximum atomic E-state index is 12.6. The molecule has 4 aliphatic rings. The number of hydrogen-bond donors (Lipinski definition) is 0. The van der Waals surface area contributed by atoms with Crippen molar-refractivity contribution in [3.8, 4) is 0 Å². The number of ketones is 1. The predicted octanol–water partition coefficient (Wildman–Crippen LogP) is 2.25. The molecule has 2 bridgehead atoms. The van der Waals surface area contributed by atoms with Gasteiger partial charge in [0.25, 0.3) is 0 Å². The maximum Gasteiger partial charge on any atom is 0.145 e. The third kappa shape index (κ3) is 0.925. The van der Waals surface area contributed by atoms with Gasteiger partial charge < -0.3 is 9.47 Å². The highest BCUT2D eigenvalue weighted by molar-refractivity contribution is 5.92. The second-order valence-electron chi connectivity index (χ2n) is 6.91. The largest absolute Gasteiger partial charge is 0.367 e. The topological polar surface area (TPSA) is 38.8 Å². The molecule has 0 aromatic heterocycles. The van der Waals surface area contributed by atoms with Crippen LogP contribution in [0.5, 0.6) is 0 Å². The van der Waals surface area contributed by atoms with Gasteiger partial charge in [0.15, 0.2) is 0 Å². The summed E-state index contributed by atoms with van der Waals surface area (Å²) < 4.78 is 12.0. The Morgan fingerprint density at radius 3 is 2.78 bits per heavy atom. The molecule has 0 amide bonds. The van der Waals surface area contributed by atoms with Crippen molar-refractivity contribution in [3.63, 3.8) is 0 Å². The lowest BCUT2D eigenvalue weighted by molar-refractivity contribution is -0.191. The highest BCUT2D eigenvalue weighted by atomic mass is 16.6. The summed E-state index contributed by atoms with van der Waals surface area (Å²) in [7, 11) is 0. The van der Waals surface area contributed by atoms with E-state index in [1.807, 2.05) is 0 Å². The summed E-state index contributed by atoms with van der Waals surface area (Å²) in [5.41, 5.74) is 0.632. The smallest absolute Gasteiger partial charge is 0.145 e. The fourth-order valence-electron chi connectivity index (χ4n) is 4.63. The van der Waals surface area contributed by atoms with Gasteiger partial charge in [-0.2, -0.15) is 0 Å². The lowest BCUT2D eigenvalue weighted by Crippen LogP contribution is -2.62. The van der Waals surface area contributed by atoms with E-state index in [0.717, 1.165) is 12.8 Å². The van der Waals surface area contributed by atoms with Crippen molar-refractivity contribution in [1.29, 1.82) is 0 Å². The number of hydrogen-bond acceptors (Lipinski definition) is 3. The Morgan fingerprint density at radius 1 is 1.39 bits per heavy atom. The van der Waals surface area contributed by atoms with Crippen molar-refractivity contribution >= 4 is 5.78 Å². The van der Waals surface area contributed by atoms with Gasteiger partial charge in [-0.15, -0.1) is 0 Å². The Bertz CT molecular complexity index is 476. The predicted molar refractivity (Wildman–Crippen MR) is 66.2 cm³/mol. The normalized spacial score (nSPS) is 57.5. The number of carbonyl (C=O) groups is 1. The molecule has 3 nitrogen and oxygen atoms in total. The standard InChI is InChI=1S/C15H20O3/c1-9-4-5-13(2)11(6-9)18-12-7-10(16)14(13,3)15(12)8-17-15/h6,11-12H,4-5,7-8H2,1-3H3. The fourth-order valence-corrected chi connectivity index (χ4v) is 4.63. The molecular formula is C15H20O3. The Balaban J connectivity index is 1.90. The van der Waals surface area contributed by atoms with Gasteiger partial charge in [-0.05, 0) is 26.7 Å². The summed E-state index contributed by atoms with van der Waals surface area (Å²) in [6.07, 6.45) is 4.94. The zero-order valence-electron chi connectivity index (χ0n) is 11.3. The number of fused-ring (bicyclic) bond motifs is 2. The number of carbonyl (C=O) groups excluding carboxylic acids is 1. The van der Waals surface area contributed by atoms with Gasteiger partial charge in [0.05, 0.1) is 24.2 Å². The van der Waals surface area contributed by atoms with Crippen LogP contribution in [0.4, 0.5) is 0 Å². The average Bonchev–Trinajstić information content (AvgIpc) is 3.08. The highest BCUT2D eigenvalue weighted by Gasteiger charge is 2.80. The summed E-state index contributed by atoms with van der Waals surface area (Å²) in [4.78, 5) is 12.6. The molecule has 4 rings (SSSR count). The first-order valence-corrected chi connectivity index (χ1v) is 6.94. The summed E-state index contributed by atoms with van der Waals surface area (Å²) in [5, 5.41) is 0. The van der Waals surface area contributed by atoms with Crippen LogP contribution in [0.1, 0.15) is 40.0 Å². The Kier molecular flexibility index (Phi) is 1.81. The van der Waals surface area contributed by atoms with E-state index in [9.17, 15) is 4.79 Å². The number of Topliss-reactive ketones (excluding diaryl/α,β-unsaturated/α-hetero) is 1. The lowest BCUT2D eigenvalue weighted by Gasteiger charge is -2.55. The van der Waals surface area contributed by atoms with E-state index in [2.05, 4.69) is 26.8 Å². The van der Waals surface area contributed by atoms with Gasteiger partial charge in [0.2, 0.25) is 0 Å². The first-order chi connectivity index (χ1) is 8.44. The van der Waals surface area contributed by atoms with Gasteiger partial charge in [0.1, 0.15) is 11.4 Å². The van der Waals surface area contributed by atoms with E-state index in [1.54, 1.807) is 0 Å². The van der Waals surface area contributed by atoms with Crippen molar-refractivity contribution in [2.75, 3.05) is 6.61 Å². The van der Waals surface area contributed by atoms with E-state index >= 15 is 0 Å². The van der Waals surface area contributed by atoms with E-state index in [1.165, 1.54) is 5.57 Å². The van der Waals surface area contributed by atoms with Crippen LogP contribution in [0.2, 0.25) is 0 Å². The van der Waals surface area contributed by atoms with Crippen molar-refractivity contribution < 1.29 is 14.3 Å². The SMILES string of the molecule is CC1=CC2OC3CC(=O)C(C)(C2(C)CC1)C31CO1. The first-order valence-electron chi connectivity index (χ1n) is 6.94. The Hall–Kier alpha value is -0.670. The summed E-state index contributed by atoms with van der Waals surface area (Å²) in [6, 6.07) is 0. The van der Waals surface area contributed by atoms with Crippen LogP contribution in [0.25, 0.3) is 0 Å². The minimum atomic E-state index is -0.356. The molecule has 1 saturated carbocycles. The van der Waals surface area contributed by atoms with Crippen LogP contribution >= 0.6 is 0 Å². The molecule has 0 radical (unpaired) electrons. The summed E-state index contributed by atoms with van der Waals surface area (Å²) >= 11 is 0. The third-order valence-electron chi connectivity index (χ3n) is 6.31. The molecule has 18 heavy (non-hydrogen) atoms. The molecule has 2 saturated heterocycles. The Labute approximate surface area is 108 Å². The third-order valence-corrected chi connectivity index (χ3v) is 6.31. The second-order valence-corrected chi connectivity index (χ2v) is 6.91. The number of ether oxygens (including phenoxy) is 2. The quantitative estimate of drug-likeness (QED) is 0.487. The molecule has 5 unspecified atom stereocenters. The van der Waals surface area contributed by atoms with Crippen molar-refractivity contribution in [2.24, 2.45) is 10.8 Å². The number of rotatable bonds is 0. The molecule has 0 aromatic carbocycles. The lowest BCUT2D eigenvalue weighted by atomic mass is 9.52. The minimum absolute atomic E-state index is 0.0183. The molecule has 3 heteroatoms. The molecular weight excluding hydrogens is 228 g/mol. The van der Waals surface area contributed by atoms with Crippen LogP contribution in [0.3, 0.4) is 0 Å². The van der Waals surface area contributed by atoms with Gasteiger partial charge in [0, 0.05) is 11.8 Å². The van der Waals surface area contributed by atoms with Crippen LogP contribution in [-0.4, -0.2) is 30.2 Å². The molecule has 5 atom stereocenters.